The summed E-state index contributed by atoms with van der Waals surface area (Å²) in [7, 11) is 0. The van der Waals surface area contributed by atoms with Crippen LogP contribution in [0.2, 0.25) is 0 Å². The fourth-order valence-electron chi connectivity index (χ4n) is 3.16. The van der Waals surface area contributed by atoms with Crippen LogP contribution >= 0.6 is 0 Å². The molecule has 0 fully saturated rings. The summed E-state index contributed by atoms with van der Waals surface area (Å²) in [6, 6.07) is 14.9. The van der Waals surface area contributed by atoms with Crippen molar-refractivity contribution in [3.8, 4) is 11.5 Å². The largest absolute Gasteiger partial charge is 0.431 e. The summed E-state index contributed by atoms with van der Waals surface area (Å²) in [6.07, 6.45) is 3.29. The maximum Gasteiger partial charge on any atom is 0.387 e. The molecule has 1 heterocycles. The lowest BCUT2D eigenvalue weighted by Crippen LogP contribution is -2.18. The van der Waals surface area contributed by atoms with Gasteiger partial charge in [-0.15, -0.1) is 0 Å². The number of aliphatic hydroxyl groups excluding tert-OH is 1. The highest BCUT2D eigenvalue weighted by molar-refractivity contribution is 5.67. The molecule has 0 aliphatic carbocycles. The number of anilines is 2. The zero-order chi connectivity index (χ0) is 23.1. The Kier molecular flexibility index (Phi) is 7.88. The predicted molar refractivity (Wildman–Crippen MR) is 112 cm³/mol. The number of halogens is 4. The molecule has 3 rings (SSSR count). The number of rotatable bonds is 10. The lowest BCUT2D eigenvalue weighted by Gasteiger charge is -2.27. The van der Waals surface area contributed by atoms with E-state index in [1.54, 1.807) is 23.4 Å². The van der Waals surface area contributed by atoms with Crippen molar-refractivity contribution < 1.29 is 32.1 Å². The molecule has 0 radical (unpaired) electrons. The minimum atomic E-state index is -3.22. The Bertz CT molecular complexity index is 1010. The second-order valence-corrected chi connectivity index (χ2v) is 7.01. The molecule has 0 aliphatic heterocycles. The molecule has 0 bridgehead atoms. The number of nitrogens with zero attached hydrogens (tertiary/aromatic N) is 2. The molecular formula is C23H22F4N2O3. The number of hydrogen-bond donors (Lipinski definition) is 1. The molecule has 32 heavy (non-hydrogen) atoms. The third kappa shape index (κ3) is 6.10. The quantitative estimate of drug-likeness (QED) is 0.401. The third-order valence-corrected chi connectivity index (χ3v) is 4.76. The summed E-state index contributed by atoms with van der Waals surface area (Å²) in [5.41, 5.74) is 2.83. The molecule has 1 unspecified atom stereocenters. The van der Waals surface area contributed by atoms with E-state index < -0.39 is 24.7 Å². The van der Waals surface area contributed by atoms with Crippen LogP contribution in [0.25, 0.3) is 0 Å². The number of hydrogen-bond acceptors (Lipinski definition) is 5. The van der Waals surface area contributed by atoms with E-state index in [0.29, 0.717) is 17.9 Å². The predicted octanol–water partition coefficient (Wildman–Crippen LogP) is 5.72. The molecule has 0 aliphatic rings. The highest BCUT2D eigenvalue weighted by Crippen LogP contribution is 2.38. The van der Waals surface area contributed by atoms with Crippen LogP contribution < -0.4 is 14.4 Å². The van der Waals surface area contributed by atoms with E-state index in [2.05, 4.69) is 14.5 Å². The fourth-order valence-corrected chi connectivity index (χ4v) is 3.16. The normalized spacial score (nSPS) is 12.1. The fraction of sp³-hybridized carbons (Fsp3) is 0.261. The Morgan fingerprint density at radius 1 is 0.906 bits per heavy atom. The SMILES string of the molecule is CC(CO)c1cccc(N(Cc2cccnc2)c2ccc(OC(F)F)c(OC(F)F)c2)c1. The van der Waals surface area contributed by atoms with Crippen LogP contribution in [0.5, 0.6) is 11.5 Å². The number of alkyl halides is 4. The van der Waals surface area contributed by atoms with Crippen molar-refractivity contribution in [2.24, 2.45) is 0 Å². The zero-order valence-corrected chi connectivity index (χ0v) is 17.2. The smallest absolute Gasteiger partial charge is 0.387 e. The standard InChI is InChI=1S/C23H22F4N2O3/c1-15(14-30)17-5-2-6-18(10-17)29(13-16-4-3-9-28-12-16)19-7-8-20(31-22(24)25)21(11-19)32-23(26)27/h2-12,15,22-23,30H,13-14H2,1H3. The molecule has 1 aromatic heterocycles. The topological polar surface area (TPSA) is 54.8 Å². The Morgan fingerprint density at radius 2 is 1.62 bits per heavy atom. The van der Waals surface area contributed by atoms with Gasteiger partial charge in [-0.05, 0) is 41.5 Å². The molecule has 0 spiro atoms. The summed E-state index contributed by atoms with van der Waals surface area (Å²) in [4.78, 5) is 5.90. The van der Waals surface area contributed by atoms with Gasteiger partial charge < -0.3 is 19.5 Å². The van der Waals surface area contributed by atoms with Crippen molar-refractivity contribution in [1.29, 1.82) is 0 Å². The first kappa shape index (κ1) is 23.3. The van der Waals surface area contributed by atoms with Crippen LogP contribution in [-0.4, -0.2) is 29.9 Å². The van der Waals surface area contributed by atoms with E-state index >= 15 is 0 Å². The van der Waals surface area contributed by atoms with Gasteiger partial charge in [0.15, 0.2) is 11.5 Å². The van der Waals surface area contributed by atoms with Crippen molar-refractivity contribution in [1.82, 2.24) is 4.98 Å². The van der Waals surface area contributed by atoms with E-state index in [1.165, 1.54) is 12.1 Å². The summed E-state index contributed by atoms with van der Waals surface area (Å²) >= 11 is 0. The van der Waals surface area contributed by atoms with Crippen molar-refractivity contribution in [2.45, 2.75) is 32.6 Å². The molecule has 2 aromatic carbocycles. The van der Waals surface area contributed by atoms with Crippen molar-refractivity contribution in [3.63, 3.8) is 0 Å². The maximum atomic E-state index is 12.9. The maximum absolute atomic E-state index is 12.9. The number of pyridine rings is 1. The lowest BCUT2D eigenvalue weighted by molar-refractivity contribution is -0.0692. The Hall–Kier alpha value is -3.33. The number of benzene rings is 2. The molecule has 5 nitrogen and oxygen atoms in total. The van der Waals surface area contributed by atoms with Crippen LogP contribution in [-0.2, 0) is 6.54 Å². The average Bonchev–Trinajstić information content (AvgIpc) is 2.78. The van der Waals surface area contributed by atoms with E-state index in [1.807, 2.05) is 37.3 Å². The summed E-state index contributed by atoms with van der Waals surface area (Å²) in [5.74, 6) is -1.11. The van der Waals surface area contributed by atoms with Gasteiger partial charge in [0.2, 0.25) is 0 Å². The van der Waals surface area contributed by atoms with Crippen molar-refractivity contribution >= 4 is 11.4 Å². The van der Waals surface area contributed by atoms with Crippen LogP contribution in [0.1, 0.15) is 24.0 Å². The minimum Gasteiger partial charge on any atom is -0.431 e. The molecule has 1 N–H and O–H groups in total. The monoisotopic (exact) mass is 450 g/mol. The Morgan fingerprint density at radius 3 is 2.28 bits per heavy atom. The molecule has 0 amide bonds. The molecular weight excluding hydrogens is 428 g/mol. The Labute approximate surface area is 182 Å². The highest BCUT2D eigenvalue weighted by Gasteiger charge is 2.19. The first-order chi connectivity index (χ1) is 15.4. The van der Waals surface area contributed by atoms with E-state index in [9.17, 15) is 22.7 Å². The van der Waals surface area contributed by atoms with Crippen molar-refractivity contribution in [3.05, 3.63) is 78.1 Å². The van der Waals surface area contributed by atoms with Crippen molar-refractivity contribution in [2.75, 3.05) is 11.5 Å². The molecule has 170 valence electrons. The minimum absolute atomic E-state index is 0.0436. The molecule has 9 heteroatoms. The van der Waals surface area contributed by atoms with Crippen LogP contribution in [0.3, 0.4) is 0 Å². The van der Waals surface area contributed by atoms with E-state index in [4.69, 9.17) is 0 Å². The molecule has 0 saturated heterocycles. The average molecular weight is 450 g/mol. The van der Waals surface area contributed by atoms with E-state index in [0.717, 1.165) is 17.2 Å². The van der Waals surface area contributed by atoms with Crippen LogP contribution in [0, 0.1) is 0 Å². The zero-order valence-electron chi connectivity index (χ0n) is 17.2. The number of aromatic nitrogens is 1. The molecule has 1 atom stereocenters. The van der Waals surface area contributed by atoms with Gasteiger partial charge in [-0.1, -0.05) is 25.1 Å². The highest BCUT2D eigenvalue weighted by atomic mass is 19.3. The van der Waals surface area contributed by atoms with Gasteiger partial charge in [0.1, 0.15) is 0 Å². The van der Waals surface area contributed by atoms with Gasteiger partial charge in [0.05, 0.1) is 0 Å². The second kappa shape index (κ2) is 10.8. The van der Waals surface area contributed by atoms with Gasteiger partial charge in [-0.25, -0.2) is 0 Å². The summed E-state index contributed by atoms with van der Waals surface area (Å²) < 4.78 is 60.0. The number of ether oxygens (including phenoxy) is 2. The lowest BCUT2D eigenvalue weighted by atomic mass is 10.0. The first-order valence-electron chi connectivity index (χ1n) is 9.78. The second-order valence-electron chi connectivity index (χ2n) is 7.01. The van der Waals surface area contributed by atoms with Gasteiger partial charge in [-0.2, -0.15) is 17.6 Å². The first-order valence-corrected chi connectivity index (χ1v) is 9.78. The van der Waals surface area contributed by atoms with Gasteiger partial charge >= 0.3 is 13.2 Å². The Balaban J connectivity index is 2.07. The van der Waals surface area contributed by atoms with Gasteiger partial charge in [0, 0.05) is 48.9 Å². The summed E-state index contributed by atoms with van der Waals surface area (Å²) in [5, 5.41) is 9.51. The third-order valence-electron chi connectivity index (χ3n) is 4.76. The van der Waals surface area contributed by atoms with Crippen LogP contribution in [0.4, 0.5) is 28.9 Å². The number of aliphatic hydroxyl groups is 1. The van der Waals surface area contributed by atoms with Gasteiger partial charge in [0.25, 0.3) is 0 Å². The van der Waals surface area contributed by atoms with Gasteiger partial charge in [-0.3, -0.25) is 4.98 Å². The summed E-state index contributed by atoms with van der Waals surface area (Å²) in [6.45, 7) is -4.27. The van der Waals surface area contributed by atoms with Crippen LogP contribution in [0.15, 0.2) is 67.0 Å². The van der Waals surface area contributed by atoms with E-state index in [-0.39, 0.29) is 12.5 Å². The molecule has 3 aromatic rings. The molecule has 0 saturated carbocycles.